The van der Waals surface area contributed by atoms with Crippen LogP contribution in [-0.4, -0.2) is 16.6 Å². The monoisotopic (exact) mass is 278 g/mol. The zero-order valence-electron chi connectivity index (χ0n) is 12.5. The van der Waals surface area contributed by atoms with Crippen LogP contribution in [0.15, 0.2) is 18.2 Å². The molecule has 0 amide bonds. The van der Waals surface area contributed by atoms with Gasteiger partial charge in [0.05, 0.1) is 11.0 Å². The van der Waals surface area contributed by atoms with Crippen molar-refractivity contribution in [3.05, 3.63) is 28.3 Å². The van der Waals surface area contributed by atoms with Crippen molar-refractivity contribution in [2.75, 3.05) is 5.32 Å². The molecule has 0 atom stereocenters. The van der Waals surface area contributed by atoms with Crippen molar-refractivity contribution in [3.63, 3.8) is 0 Å². The third-order valence-corrected chi connectivity index (χ3v) is 3.60. The molecule has 5 heteroatoms. The van der Waals surface area contributed by atoms with Crippen LogP contribution in [0, 0.1) is 16.0 Å². The van der Waals surface area contributed by atoms with Gasteiger partial charge in [-0.1, -0.05) is 6.07 Å². The van der Waals surface area contributed by atoms with Gasteiger partial charge in [0.15, 0.2) is 5.75 Å². The van der Waals surface area contributed by atoms with Gasteiger partial charge in [-0.05, 0) is 58.6 Å². The van der Waals surface area contributed by atoms with E-state index in [1.54, 1.807) is 18.2 Å². The second kappa shape index (κ2) is 5.31. The Morgan fingerprint density at radius 2 is 2.05 bits per heavy atom. The number of rotatable bonds is 6. The lowest BCUT2D eigenvalue weighted by atomic mass is 9.98. The fourth-order valence-corrected chi connectivity index (χ4v) is 2.41. The standard InChI is InChI=1S/C15H22N2O3/c1-10(2)20-13-7-5-6-12(14(13)17(18)19)16-15(3,4)11-8-9-11/h5-7,10-11,16H,8-9H2,1-4H3. The Balaban J connectivity index is 2.34. The van der Waals surface area contributed by atoms with Gasteiger partial charge in [-0.25, -0.2) is 0 Å². The first-order valence-electron chi connectivity index (χ1n) is 7.03. The molecule has 0 heterocycles. The van der Waals surface area contributed by atoms with Crippen molar-refractivity contribution in [3.8, 4) is 5.75 Å². The normalized spacial score (nSPS) is 15.2. The summed E-state index contributed by atoms with van der Waals surface area (Å²) in [4.78, 5) is 11.0. The van der Waals surface area contributed by atoms with E-state index in [1.165, 1.54) is 12.8 Å². The molecule has 2 rings (SSSR count). The highest BCUT2D eigenvalue weighted by molar-refractivity contribution is 5.69. The van der Waals surface area contributed by atoms with Gasteiger partial charge in [0.1, 0.15) is 5.69 Å². The number of nitrogens with one attached hydrogen (secondary N) is 1. The molecule has 0 bridgehead atoms. The van der Waals surface area contributed by atoms with Crippen LogP contribution < -0.4 is 10.1 Å². The molecule has 1 aliphatic rings. The molecule has 0 aliphatic heterocycles. The van der Waals surface area contributed by atoms with Crippen molar-refractivity contribution in [2.45, 2.75) is 52.2 Å². The lowest BCUT2D eigenvalue weighted by Crippen LogP contribution is -2.33. The van der Waals surface area contributed by atoms with Crippen LogP contribution in [0.5, 0.6) is 5.75 Å². The van der Waals surface area contributed by atoms with Gasteiger partial charge < -0.3 is 10.1 Å². The molecule has 1 aromatic carbocycles. The summed E-state index contributed by atoms with van der Waals surface area (Å²) in [5.74, 6) is 0.901. The maximum atomic E-state index is 11.4. The smallest absolute Gasteiger partial charge is 0.333 e. The molecule has 0 aromatic heterocycles. The number of para-hydroxylation sites is 1. The number of nitro benzene ring substituents is 1. The predicted octanol–water partition coefficient (Wildman–Crippen LogP) is 3.98. The van der Waals surface area contributed by atoms with E-state index in [1.807, 2.05) is 13.8 Å². The van der Waals surface area contributed by atoms with Crippen LogP contribution in [0.25, 0.3) is 0 Å². The molecule has 0 radical (unpaired) electrons. The molecule has 0 saturated heterocycles. The summed E-state index contributed by atoms with van der Waals surface area (Å²) in [7, 11) is 0. The lowest BCUT2D eigenvalue weighted by Gasteiger charge is -2.27. The van der Waals surface area contributed by atoms with Crippen LogP contribution in [-0.2, 0) is 0 Å². The maximum Gasteiger partial charge on any atom is 0.333 e. The number of hydrogen-bond acceptors (Lipinski definition) is 4. The number of nitrogens with zero attached hydrogens (tertiary/aromatic N) is 1. The topological polar surface area (TPSA) is 64.4 Å². The molecular formula is C15H22N2O3. The average molecular weight is 278 g/mol. The quantitative estimate of drug-likeness (QED) is 0.631. The zero-order chi connectivity index (χ0) is 14.9. The molecule has 0 spiro atoms. The second-order valence-electron chi connectivity index (χ2n) is 6.20. The minimum atomic E-state index is -0.372. The second-order valence-corrected chi connectivity index (χ2v) is 6.20. The third kappa shape index (κ3) is 3.21. The van der Waals surface area contributed by atoms with Crippen molar-refractivity contribution >= 4 is 11.4 Å². The molecular weight excluding hydrogens is 256 g/mol. The Morgan fingerprint density at radius 3 is 2.55 bits per heavy atom. The van der Waals surface area contributed by atoms with Crippen molar-refractivity contribution in [1.29, 1.82) is 0 Å². The van der Waals surface area contributed by atoms with E-state index >= 15 is 0 Å². The minimum Gasteiger partial charge on any atom is -0.484 e. The highest BCUT2D eigenvalue weighted by atomic mass is 16.6. The first kappa shape index (κ1) is 14.6. The molecule has 20 heavy (non-hydrogen) atoms. The summed E-state index contributed by atoms with van der Waals surface area (Å²) in [5.41, 5.74) is 0.418. The van der Waals surface area contributed by atoms with Gasteiger partial charge in [-0.15, -0.1) is 0 Å². The number of benzene rings is 1. The van der Waals surface area contributed by atoms with Crippen molar-refractivity contribution in [1.82, 2.24) is 0 Å². The minimum absolute atomic E-state index is 0.0231. The first-order chi connectivity index (χ1) is 9.31. The Hall–Kier alpha value is -1.78. The molecule has 5 nitrogen and oxygen atoms in total. The fourth-order valence-electron chi connectivity index (χ4n) is 2.41. The van der Waals surface area contributed by atoms with Gasteiger partial charge in [0.25, 0.3) is 0 Å². The van der Waals surface area contributed by atoms with E-state index in [2.05, 4.69) is 19.2 Å². The van der Waals surface area contributed by atoms with Crippen LogP contribution in [0.1, 0.15) is 40.5 Å². The summed E-state index contributed by atoms with van der Waals surface area (Å²) >= 11 is 0. The Morgan fingerprint density at radius 1 is 1.40 bits per heavy atom. The van der Waals surface area contributed by atoms with Crippen molar-refractivity contribution < 1.29 is 9.66 Å². The van der Waals surface area contributed by atoms with E-state index in [9.17, 15) is 10.1 Å². The number of nitro groups is 1. The van der Waals surface area contributed by atoms with Crippen LogP contribution in [0.4, 0.5) is 11.4 Å². The fraction of sp³-hybridized carbons (Fsp3) is 0.600. The van der Waals surface area contributed by atoms with Crippen LogP contribution >= 0.6 is 0 Å². The van der Waals surface area contributed by atoms with E-state index in [0.717, 1.165) is 0 Å². The zero-order valence-corrected chi connectivity index (χ0v) is 12.5. The highest BCUT2D eigenvalue weighted by Gasteiger charge is 2.39. The molecule has 1 fully saturated rings. The molecule has 110 valence electrons. The maximum absolute atomic E-state index is 11.4. The molecule has 1 saturated carbocycles. The van der Waals surface area contributed by atoms with E-state index in [0.29, 0.717) is 17.4 Å². The van der Waals surface area contributed by atoms with E-state index in [-0.39, 0.29) is 22.3 Å². The molecule has 1 aromatic rings. The van der Waals surface area contributed by atoms with Crippen LogP contribution in [0.2, 0.25) is 0 Å². The highest BCUT2D eigenvalue weighted by Crippen LogP contribution is 2.44. The van der Waals surface area contributed by atoms with Gasteiger partial charge >= 0.3 is 5.69 Å². The van der Waals surface area contributed by atoms with Gasteiger partial charge in [-0.2, -0.15) is 0 Å². The summed E-state index contributed by atoms with van der Waals surface area (Å²) in [6, 6.07) is 5.18. The Bertz CT molecular complexity index is 508. The summed E-state index contributed by atoms with van der Waals surface area (Å²) in [5, 5.41) is 14.7. The van der Waals surface area contributed by atoms with Gasteiger partial charge in [-0.3, -0.25) is 10.1 Å². The Kier molecular flexibility index (Phi) is 3.88. The summed E-state index contributed by atoms with van der Waals surface area (Å²) in [6.07, 6.45) is 2.26. The SMILES string of the molecule is CC(C)Oc1cccc(NC(C)(C)C2CC2)c1[N+](=O)[O-]. The van der Waals surface area contributed by atoms with Crippen molar-refractivity contribution in [2.24, 2.45) is 5.92 Å². The van der Waals surface area contributed by atoms with Crippen LogP contribution in [0.3, 0.4) is 0 Å². The summed E-state index contributed by atoms with van der Waals surface area (Å²) in [6.45, 7) is 7.89. The number of hydrogen-bond donors (Lipinski definition) is 1. The molecule has 1 aliphatic carbocycles. The van der Waals surface area contributed by atoms with Gasteiger partial charge in [0.2, 0.25) is 0 Å². The third-order valence-electron chi connectivity index (χ3n) is 3.60. The van der Waals surface area contributed by atoms with E-state index < -0.39 is 0 Å². The first-order valence-corrected chi connectivity index (χ1v) is 7.03. The largest absolute Gasteiger partial charge is 0.484 e. The lowest BCUT2D eigenvalue weighted by molar-refractivity contribution is -0.385. The number of ether oxygens (including phenoxy) is 1. The van der Waals surface area contributed by atoms with Gasteiger partial charge in [0, 0.05) is 5.54 Å². The molecule has 1 N–H and O–H groups in total. The average Bonchev–Trinajstić information content (AvgIpc) is 3.10. The predicted molar refractivity (Wildman–Crippen MR) is 79.3 cm³/mol. The number of anilines is 1. The molecule has 0 unspecified atom stereocenters. The summed E-state index contributed by atoms with van der Waals surface area (Å²) < 4.78 is 5.56. The van der Waals surface area contributed by atoms with E-state index in [4.69, 9.17) is 4.74 Å². The Labute approximate surface area is 119 Å².